The minimum absolute atomic E-state index is 0.274. The highest BCUT2D eigenvalue weighted by Crippen LogP contribution is 2.18. The van der Waals surface area contributed by atoms with Gasteiger partial charge in [0.05, 0.1) is 0 Å². The van der Waals surface area contributed by atoms with Crippen LogP contribution in [0.2, 0.25) is 0 Å². The standard InChI is InChI=1S/C14H19BrN2O/c1-2-14(18)17-9-7-16(8-10-17)11-12-5-3-4-6-13(12)15/h3-6H,2,7-11H2,1H3. The molecule has 0 aliphatic carbocycles. The summed E-state index contributed by atoms with van der Waals surface area (Å²) in [4.78, 5) is 16.0. The number of carbonyl (C=O) groups excluding carboxylic acids is 1. The Morgan fingerprint density at radius 2 is 1.89 bits per heavy atom. The quantitative estimate of drug-likeness (QED) is 0.856. The van der Waals surface area contributed by atoms with Crippen molar-refractivity contribution in [2.75, 3.05) is 26.2 Å². The average molecular weight is 311 g/mol. The van der Waals surface area contributed by atoms with Crippen molar-refractivity contribution in [3.63, 3.8) is 0 Å². The SMILES string of the molecule is CCC(=O)N1CCN(Cc2ccccc2Br)CC1. The molecule has 1 aromatic carbocycles. The number of nitrogens with zero attached hydrogens (tertiary/aromatic N) is 2. The Morgan fingerprint density at radius 3 is 2.50 bits per heavy atom. The van der Waals surface area contributed by atoms with Crippen molar-refractivity contribution >= 4 is 21.8 Å². The monoisotopic (exact) mass is 310 g/mol. The number of amides is 1. The molecule has 1 saturated heterocycles. The summed E-state index contributed by atoms with van der Waals surface area (Å²) in [5, 5.41) is 0. The van der Waals surface area contributed by atoms with Gasteiger partial charge in [-0.2, -0.15) is 0 Å². The van der Waals surface area contributed by atoms with Gasteiger partial charge in [-0.05, 0) is 11.6 Å². The second-order valence-corrected chi connectivity index (χ2v) is 5.46. The van der Waals surface area contributed by atoms with Crippen LogP contribution in [-0.4, -0.2) is 41.9 Å². The van der Waals surface area contributed by atoms with Gasteiger partial charge in [-0.1, -0.05) is 41.1 Å². The molecule has 1 aliphatic heterocycles. The summed E-state index contributed by atoms with van der Waals surface area (Å²) < 4.78 is 1.16. The lowest BCUT2D eigenvalue weighted by molar-refractivity contribution is -0.132. The lowest BCUT2D eigenvalue weighted by Crippen LogP contribution is -2.48. The molecule has 1 fully saturated rings. The smallest absolute Gasteiger partial charge is 0.222 e. The fourth-order valence-corrected chi connectivity index (χ4v) is 2.66. The van der Waals surface area contributed by atoms with Gasteiger partial charge in [0.25, 0.3) is 0 Å². The average Bonchev–Trinajstić information content (AvgIpc) is 2.41. The molecule has 4 heteroatoms. The molecule has 1 amide bonds. The highest BCUT2D eigenvalue weighted by molar-refractivity contribution is 9.10. The molecule has 1 heterocycles. The van der Waals surface area contributed by atoms with Gasteiger partial charge in [-0.3, -0.25) is 9.69 Å². The van der Waals surface area contributed by atoms with Crippen LogP contribution >= 0.6 is 15.9 Å². The van der Waals surface area contributed by atoms with Gasteiger partial charge in [0.15, 0.2) is 0 Å². The van der Waals surface area contributed by atoms with E-state index >= 15 is 0 Å². The lowest BCUT2D eigenvalue weighted by Gasteiger charge is -2.34. The van der Waals surface area contributed by atoms with Gasteiger partial charge in [-0.15, -0.1) is 0 Å². The third-order valence-electron chi connectivity index (χ3n) is 3.38. The third kappa shape index (κ3) is 3.33. The van der Waals surface area contributed by atoms with Crippen molar-refractivity contribution in [3.05, 3.63) is 34.3 Å². The molecule has 0 N–H and O–H groups in total. The summed E-state index contributed by atoms with van der Waals surface area (Å²) in [5.41, 5.74) is 1.31. The maximum absolute atomic E-state index is 11.6. The Balaban J connectivity index is 1.87. The molecule has 18 heavy (non-hydrogen) atoms. The largest absolute Gasteiger partial charge is 0.340 e. The Bertz CT molecular complexity index is 414. The minimum atomic E-state index is 0.274. The molecule has 0 radical (unpaired) electrons. The van der Waals surface area contributed by atoms with E-state index in [2.05, 4.69) is 39.0 Å². The van der Waals surface area contributed by atoms with E-state index in [1.165, 1.54) is 5.56 Å². The van der Waals surface area contributed by atoms with Crippen LogP contribution in [0, 0.1) is 0 Å². The molecule has 0 saturated carbocycles. The summed E-state index contributed by atoms with van der Waals surface area (Å²) in [7, 11) is 0. The van der Waals surface area contributed by atoms with E-state index in [0.29, 0.717) is 6.42 Å². The normalized spacial score (nSPS) is 16.9. The molecule has 98 valence electrons. The van der Waals surface area contributed by atoms with E-state index < -0.39 is 0 Å². The fourth-order valence-electron chi connectivity index (χ4n) is 2.25. The van der Waals surface area contributed by atoms with Crippen LogP contribution in [0.3, 0.4) is 0 Å². The molecule has 0 atom stereocenters. The highest BCUT2D eigenvalue weighted by Gasteiger charge is 2.20. The second kappa shape index (κ2) is 6.34. The van der Waals surface area contributed by atoms with E-state index in [-0.39, 0.29) is 5.91 Å². The topological polar surface area (TPSA) is 23.6 Å². The lowest BCUT2D eigenvalue weighted by atomic mass is 10.2. The zero-order valence-electron chi connectivity index (χ0n) is 10.7. The maximum atomic E-state index is 11.6. The first-order valence-electron chi connectivity index (χ1n) is 6.44. The number of piperazine rings is 1. The fraction of sp³-hybridized carbons (Fsp3) is 0.500. The predicted molar refractivity (Wildman–Crippen MR) is 76.3 cm³/mol. The molecule has 0 spiro atoms. The molecule has 1 aliphatic rings. The van der Waals surface area contributed by atoms with Crippen molar-refractivity contribution in [3.8, 4) is 0 Å². The van der Waals surface area contributed by atoms with Crippen LogP contribution in [0.25, 0.3) is 0 Å². The van der Waals surface area contributed by atoms with E-state index in [1.54, 1.807) is 0 Å². The van der Waals surface area contributed by atoms with Crippen LogP contribution in [0.15, 0.2) is 28.7 Å². The van der Waals surface area contributed by atoms with Crippen molar-refractivity contribution in [2.45, 2.75) is 19.9 Å². The first kappa shape index (κ1) is 13.6. The molecule has 1 aromatic rings. The van der Waals surface area contributed by atoms with Crippen LogP contribution in [0.5, 0.6) is 0 Å². The number of halogens is 1. The van der Waals surface area contributed by atoms with Crippen LogP contribution in [0.1, 0.15) is 18.9 Å². The molecule has 0 bridgehead atoms. The Hall–Kier alpha value is -0.870. The van der Waals surface area contributed by atoms with Crippen molar-refractivity contribution in [1.29, 1.82) is 0 Å². The molecular weight excluding hydrogens is 292 g/mol. The molecule has 3 nitrogen and oxygen atoms in total. The predicted octanol–water partition coefficient (Wildman–Crippen LogP) is 2.50. The van der Waals surface area contributed by atoms with Gasteiger partial charge in [0.2, 0.25) is 5.91 Å². The number of carbonyl (C=O) groups is 1. The van der Waals surface area contributed by atoms with E-state index in [0.717, 1.165) is 37.2 Å². The van der Waals surface area contributed by atoms with E-state index in [1.807, 2.05) is 17.9 Å². The van der Waals surface area contributed by atoms with Gasteiger partial charge < -0.3 is 4.90 Å². The molecular formula is C14H19BrN2O. The first-order chi connectivity index (χ1) is 8.70. The van der Waals surface area contributed by atoms with Gasteiger partial charge in [0.1, 0.15) is 0 Å². The van der Waals surface area contributed by atoms with E-state index in [4.69, 9.17) is 0 Å². The van der Waals surface area contributed by atoms with Crippen LogP contribution in [0.4, 0.5) is 0 Å². The summed E-state index contributed by atoms with van der Waals surface area (Å²) in [6.07, 6.45) is 0.615. The zero-order chi connectivity index (χ0) is 13.0. The molecule has 0 aromatic heterocycles. The number of hydrogen-bond donors (Lipinski definition) is 0. The highest BCUT2D eigenvalue weighted by atomic mass is 79.9. The van der Waals surface area contributed by atoms with E-state index in [9.17, 15) is 4.79 Å². The number of hydrogen-bond acceptors (Lipinski definition) is 2. The maximum Gasteiger partial charge on any atom is 0.222 e. The van der Waals surface area contributed by atoms with Crippen LogP contribution in [-0.2, 0) is 11.3 Å². The second-order valence-electron chi connectivity index (χ2n) is 4.60. The van der Waals surface area contributed by atoms with Crippen molar-refractivity contribution < 1.29 is 4.79 Å². The molecule has 0 unspecified atom stereocenters. The number of rotatable bonds is 3. The number of benzene rings is 1. The van der Waals surface area contributed by atoms with Gasteiger partial charge >= 0.3 is 0 Å². The first-order valence-corrected chi connectivity index (χ1v) is 7.23. The van der Waals surface area contributed by atoms with Gasteiger partial charge in [-0.25, -0.2) is 0 Å². The van der Waals surface area contributed by atoms with Crippen LogP contribution < -0.4 is 0 Å². The Labute approximate surface area is 117 Å². The van der Waals surface area contributed by atoms with Crippen molar-refractivity contribution in [2.24, 2.45) is 0 Å². The summed E-state index contributed by atoms with van der Waals surface area (Å²) in [6.45, 7) is 6.53. The zero-order valence-corrected chi connectivity index (χ0v) is 12.3. The summed E-state index contributed by atoms with van der Waals surface area (Å²) >= 11 is 3.58. The summed E-state index contributed by atoms with van der Waals surface area (Å²) in [6, 6.07) is 8.32. The molecule has 2 rings (SSSR count). The van der Waals surface area contributed by atoms with Gasteiger partial charge in [0, 0.05) is 43.6 Å². The minimum Gasteiger partial charge on any atom is -0.340 e. The Kier molecular flexibility index (Phi) is 4.78. The van der Waals surface area contributed by atoms with Crippen molar-refractivity contribution in [1.82, 2.24) is 9.80 Å². The third-order valence-corrected chi connectivity index (χ3v) is 4.15. The Morgan fingerprint density at radius 1 is 1.22 bits per heavy atom. The summed E-state index contributed by atoms with van der Waals surface area (Å²) in [5.74, 6) is 0.274.